The Labute approximate surface area is 136 Å². The van der Waals surface area contributed by atoms with Crippen LogP contribution in [0.15, 0.2) is 43.0 Å². The van der Waals surface area contributed by atoms with Gasteiger partial charge in [0, 0.05) is 38.4 Å². The molecule has 23 heavy (non-hydrogen) atoms. The number of hydrogen-bond acceptors (Lipinski definition) is 6. The summed E-state index contributed by atoms with van der Waals surface area (Å²) in [6.07, 6.45) is 9.24. The third-order valence-corrected chi connectivity index (χ3v) is 4.08. The molecule has 2 aromatic heterocycles. The highest BCUT2D eigenvalue weighted by molar-refractivity contribution is 5.35. The monoisotopic (exact) mass is 314 g/mol. The van der Waals surface area contributed by atoms with Gasteiger partial charge in [0.25, 0.3) is 0 Å². The number of methoxy groups -OCH3 is 1. The van der Waals surface area contributed by atoms with Crippen molar-refractivity contribution in [3.63, 3.8) is 0 Å². The second-order valence-electron chi connectivity index (χ2n) is 5.57. The lowest BCUT2D eigenvalue weighted by Crippen LogP contribution is -2.39. The van der Waals surface area contributed by atoms with Crippen LogP contribution in [0.5, 0.6) is 0 Å². The van der Waals surface area contributed by atoms with Crippen LogP contribution in [0.1, 0.15) is 12.0 Å². The van der Waals surface area contributed by atoms with Crippen LogP contribution in [0.4, 0.5) is 5.95 Å². The Hall–Kier alpha value is -2.05. The fourth-order valence-electron chi connectivity index (χ4n) is 2.99. The normalized spacial score (nSPS) is 20.8. The van der Waals surface area contributed by atoms with Crippen LogP contribution in [-0.4, -0.2) is 54.0 Å². The van der Waals surface area contributed by atoms with Crippen molar-refractivity contribution < 1.29 is 9.47 Å². The molecule has 122 valence electrons. The number of hydrogen-bond donors (Lipinski definition) is 0. The van der Waals surface area contributed by atoms with Gasteiger partial charge in [-0.05, 0) is 30.5 Å². The van der Waals surface area contributed by atoms with E-state index in [1.807, 2.05) is 18.3 Å². The van der Waals surface area contributed by atoms with Crippen molar-refractivity contribution in [3.8, 4) is 0 Å². The van der Waals surface area contributed by atoms with Crippen molar-refractivity contribution in [2.45, 2.75) is 25.0 Å². The number of nitrogens with zero attached hydrogens (tertiary/aromatic N) is 4. The first-order chi connectivity index (χ1) is 11.4. The molecule has 0 spiro atoms. The summed E-state index contributed by atoms with van der Waals surface area (Å²) >= 11 is 0. The first-order valence-corrected chi connectivity index (χ1v) is 7.91. The predicted molar refractivity (Wildman–Crippen MR) is 87.3 cm³/mol. The summed E-state index contributed by atoms with van der Waals surface area (Å²) in [6.45, 7) is 2.11. The van der Waals surface area contributed by atoms with Crippen molar-refractivity contribution in [2.24, 2.45) is 0 Å². The fourth-order valence-corrected chi connectivity index (χ4v) is 2.99. The minimum absolute atomic E-state index is 0.147. The first kappa shape index (κ1) is 15.8. The number of aromatic nitrogens is 3. The van der Waals surface area contributed by atoms with Crippen LogP contribution in [0, 0.1) is 0 Å². The van der Waals surface area contributed by atoms with Gasteiger partial charge in [-0.25, -0.2) is 9.97 Å². The van der Waals surface area contributed by atoms with Crippen LogP contribution < -0.4 is 4.90 Å². The maximum absolute atomic E-state index is 6.04. The standard InChI is InChI=1S/C17H22N4O2/c1-22-10-11-23-16-5-9-21(17-19-7-3-8-20-17)15(16)12-14-4-2-6-18-13-14/h2-4,6-8,13,15-16H,5,9-12H2,1H3/t15-,16-/m0/s1. The summed E-state index contributed by atoms with van der Waals surface area (Å²) in [5, 5.41) is 0. The van der Waals surface area contributed by atoms with Crippen LogP contribution in [0.3, 0.4) is 0 Å². The van der Waals surface area contributed by atoms with Gasteiger partial charge in [0.1, 0.15) is 0 Å². The SMILES string of the molecule is COCCO[C@H]1CCN(c2ncccn2)[C@H]1Cc1cccnc1. The zero-order valence-corrected chi connectivity index (χ0v) is 13.3. The lowest BCUT2D eigenvalue weighted by Gasteiger charge is -2.28. The first-order valence-electron chi connectivity index (χ1n) is 7.91. The Morgan fingerprint density at radius 3 is 2.78 bits per heavy atom. The highest BCUT2D eigenvalue weighted by Crippen LogP contribution is 2.27. The molecule has 0 N–H and O–H groups in total. The van der Waals surface area contributed by atoms with E-state index in [2.05, 4.69) is 25.9 Å². The molecule has 2 atom stereocenters. The smallest absolute Gasteiger partial charge is 0.225 e. The molecule has 0 unspecified atom stereocenters. The van der Waals surface area contributed by atoms with Crippen molar-refractivity contribution in [1.29, 1.82) is 0 Å². The van der Waals surface area contributed by atoms with E-state index in [-0.39, 0.29) is 12.1 Å². The van der Waals surface area contributed by atoms with Crippen LogP contribution in [0.2, 0.25) is 0 Å². The van der Waals surface area contributed by atoms with E-state index in [1.165, 1.54) is 5.56 Å². The van der Waals surface area contributed by atoms with Gasteiger partial charge in [0.2, 0.25) is 5.95 Å². The minimum Gasteiger partial charge on any atom is -0.382 e. The summed E-state index contributed by atoms with van der Waals surface area (Å²) in [5.74, 6) is 0.763. The maximum Gasteiger partial charge on any atom is 0.225 e. The van der Waals surface area contributed by atoms with Crippen molar-refractivity contribution in [1.82, 2.24) is 15.0 Å². The number of pyridine rings is 1. The third kappa shape index (κ3) is 4.03. The molecule has 1 fully saturated rings. The molecule has 1 aliphatic rings. The molecular weight excluding hydrogens is 292 g/mol. The largest absolute Gasteiger partial charge is 0.382 e. The quantitative estimate of drug-likeness (QED) is 0.725. The summed E-state index contributed by atoms with van der Waals surface area (Å²) < 4.78 is 11.1. The van der Waals surface area contributed by atoms with Gasteiger partial charge in [0.05, 0.1) is 25.4 Å². The van der Waals surface area contributed by atoms with Crippen LogP contribution >= 0.6 is 0 Å². The third-order valence-electron chi connectivity index (χ3n) is 4.08. The van der Waals surface area contributed by atoms with E-state index in [4.69, 9.17) is 9.47 Å². The summed E-state index contributed by atoms with van der Waals surface area (Å²) in [5.41, 5.74) is 1.20. The average Bonchev–Trinajstić information content (AvgIpc) is 3.00. The molecule has 1 saturated heterocycles. The van der Waals surface area contributed by atoms with E-state index < -0.39 is 0 Å². The molecule has 3 heterocycles. The van der Waals surface area contributed by atoms with Crippen molar-refractivity contribution in [3.05, 3.63) is 48.5 Å². The lowest BCUT2D eigenvalue weighted by molar-refractivity contribution is 0.0136. The average molecular weight is 314 g/mol. The van der Waals surface area contributed by atoms with Gasteiger partial charge >= 0.3 is 0 Å². The van der Waals surface area contributed by atoms with Gasteiger partial charge in [-0.1, -0.05) is 6.07 Å². The van der Waals surface area contributed by atoms with E-state index in [0.29, 0.717) is 13.2 Å². The highest BCUT2D eigenvalue weighted by Gasteiger charge is 2.36. The van der Waals surface area contributed by atoms with Crippen molar-refractivity contribution in [2.75, 3.05) is 31.8 Å². The fraction of sp³-hybridized carbons (Fsp3) is 0.471. The van der Waals surface area contributed by atoms with E-state index in [0.717, 1.165) is 25.3 Å². The van der Waals surface area contributed by atoms with Crippen molar-refractivity contribution >= 4 is 5.95 Å². The predicted octanol–water partition coefficient (Wildman–Crippen LogP) is 1.72. The molecule has 0 aliphatic carbocycles. The second kappa shape index (κ2) is 7.99. The lowest BCUT2D eigenvalue weighted by atomic mass is 10.0. The van der Waals surface area contributed by atoms with Gasteiger partial charge in [-0.15, -0.1) is 0 Å². The van der Waals surface area contributed by atoms with E-state index in [1.54, 1.807) is 25.7 Å². The van der Waals surface area contributed by atoms with Gasteiger partial charge < -0.3 is 14.4 Å². The molecule has 2 aromatic rings. The molecule has 0 radical (unpaired) electrons. The number of anilines is 1. The zero-order valence-electron chi connectivity index (χ0n) is 13.3. The van der Waals surface area contributed by atoms with Gasteiger partial charge in [0.15, 0.2) is 0 Å². The van der Waals surface area contributed by atoms with E-state index in [9.17, 15) is 0 Å². The molecule has 6 nitrogen and oxygen atoms in total. The Balaban J connectivity index is 1.76. The molecular formula is C17H22N4O2. The molecule has 3 rings (SSSR count). The number of rotatable bonds is 7. The Kier molecular flexibility index (Phi) is 5.50. The van der Waals surface area contributed by atoms with Gasteiger partial charge in [-0.3, -0.25) is 4.98 Å². The molecule has 0 amide bonds. The Morgan fingerprint density at radius 1 is 1.17 bits per heavy atom. The molecule has 6 heteroatoms. The molecule has 0 bridgehead atoms. The molecule has 0 saturated carbocycles. The van der Waals surface area contributed by atoms with Gasteiger partial charge in [-0.2, -0.15) is 0 Å². The summed E-state index contributed by atoms with van der Waals surface area (Å²) in [7, 11) is 1.69. The molecule has 1 aliphatic heterocycles. The summed E-state index contributed by atoms with van der Waals surface area (Å²) in [4.78, 5) is 15.3. The zero-order chi connectivity index (χ0) is 15.9. The topological polar surface area (TPSA) is 60.4 Å². The minimum atomic E-state index is 0.147. The maximum atomic E-state index is 6.04. The second-order valence-corrected chi connectivity index (χ2v) is 5.57. The van der Waals surface area contributed by atoms with Crippen LogP contribution in [-0.2, 0) is 15.9 Å². The highest BCUT2D eigenvalue weighted by atomic mass is 16.5. The van der Waals surface area contributed by atoms with E-state index >= 15 is 0 Å². The van der Waals surface area contributed by atoms with Crippen LogP contribution in [0.25, 0.3) is 0 Å². The number of ether oxygens (including phenoxy) is 2. The summed E-state index contributed by atoms with van der Waals surface area (Å²) in [6, 6.07) is 6.11. The Bertz CT molecular complexity index is 582. The Morgan fingerprint density at radius 2 is 2.04 bits per heavy atom. The molecule has 0 aromatic carbocycles.